The number of para-hydroxylation sites is 1. The maximum absolute atomic E-state index is 13.1. The van der Waals surface area contributed by atoms with Crippen LogP contribution >= 0.6 is 11.6 Å². The SMILES string of the molecule is NC(Cc1ccc(F)c(Cl)c1)C1Cc2ccccc2O1. The molecule has 0 aromatic heterocycles. The van der Waals surface area contributed by atoms with E-state index in [1.807, 2.05) is 18.2 Å². The minimum atomic E-state index is -0.409. The molecule has 0 bridgehead atoms. The molecule has 2 aromatic carbocycles. The molecule has 0 saturated carbocycles. The summed E-state index contributed by atoms with van der Waals surface area (Å²) >= 11 is 5.78. The molecule has 0 fully saturated rings. The third-order valence-corrected chi connectivity index (χ3v) is 3.89. The van der Waals surface area contributed by atoms with Crippen LogP contribution in [-0.4, -0.2) is 12.1 Å². The van der Waals surface area contributed by atoms with E-state index >= 15 is 0 Å². The van der Waals surface area contributed by atoms with Crippen LogP contribution < -0.4 is 10.5 Å². The molecule has 0 saturated heterocycles. The molecule has 0 amide bonds. The second kappa shape index (κ2) is 5.43. The molecule has 1 aliphatic heterocycles. The lowest BCUT2D eigenvalue weighted by Gasteiger charge is -2.19. The molecule has 1 aliphatic rings. The van der Waals surface area contributed by atoms with Gasteiger partial charge in [0, 0.05) is 12.5 Å². The molecule has 2 N–H and O–H groups in total. The smallest absolute Gasteiger partial charge is 0.141 e. The van der Waals surface area contributed by atoms with Crippen molar-refractivity contribution in [3.63, 3.8) is 0 Å². The highest BCUT2D eigenvalue weighted by molar-refractivity contribution is 6.30. The highest BCUT2D eigenvalue weighted by Crippen LogP contribution is 2.30. The van der Waals surface area contributed by atoms with Crippen molar-refractivity contribution in [2.75, 3.05) is 0 Å². The second-order valence-corrected chi connectivity index (χ2v) is 5.49. The van der Waals surface area contributed by atoms with Crippen molar-refractivity contribution in [3.8, 4) is 5.75 Å². The molecule has 0 aliphatic carbocycles. The Kier molecular flexibility index (Phi) is 3.64. The van der Waals surface area contributed by atoms with E-state index in [2.05, 4.69) is 6.07 Å². The lowest BCUT2D eigenvalue weighted by atomic mass is 9.99. The Morgan fingerprint density at radius 2 is 2.10 bits per heavy atom. The molecule has 0 radical (unpaired) electrons. The summed E-state index contributed by atoms with van der Waals surface area (Å²) in [5.74, 6) is 0.499. The Morgan fingerprint density at radius 1 is 1.30 bits per heavy atom. The Balaban J connectivity index is 1.69. The largest absolute Gasteiger partial charge is 0.488 e. The molecule has 0 spiro atoms. The number of rotatable bonds is 3. The minimum Gasteiger partial charge on any atom is -0.488 e. The van der Waals surface area contributed by atoms with Crippen LogP contribution in [0, 0.1) is 5.82 Å². The van der Waals surface area contributed by atoms with Gasteiger partial charge in [-0.2, -0.15) is 0 Å². The average Bonchev–Trinajstić information content (AvgIpc) is 2.87. The number of hydrogen-bond donors (Lipinski definition) is 1. The summed E-state index contributed by atoms with van der Waals surface area (Å²) in [6.07, 6.45) is 1.38. The van der Waals surface area contributed by atoms with Crippen molar-refractivity contribution in [1.82, 2.24) is 0 Å². The van der Waals surface area contributed by atoms with Crippen molar-refractivity contribution in [3.05, 3.63) is 64.4 Å². The predicted molar refractivity (Wildman–Crippen MR) is 77.7 cm³/mol. The number of ether oxygens (including phenoxy) is 1. The molecule has 2 aromatic rings. The van der Waals surface area contributed by atoms with Gasteiger partial charge in [0.2, 0.25) is 0 Å². The standard InChI is InChI=1S/C16H15ClFNO/c17-12-7-10(5-6-13(12)18)8-14(19)16-9-11-3-1-2-4-15(11)20-16/h1-7,14,16H,8-9,19H2. The first-order chi connectivity index (χ1) is 9.63. The molecule has 20 heavy (non-hydrogen) atoms. The summed E-state index contributed by atoms with van der Waals surface area (Å²) in [5.41, 5.74) is 8.32. The van der Waals surface area contributed by atoms with Gasteiger partial charge >= 0.3 is 0 Å². The number of benzene rings is 2. The summed E-state index contributed by atoms with van der Waals surface area (Å²) in [5, 5.41) is 0.130. The third kappa shape index (κ3) is 2.65. The summed E-state index contributed by atoms with van der Waals surface area (Å²) in [4.78, 5) is 0. The first-order valence-corrected chi connectivity index (χ1v) is 6.95. The molecule has 2 nitrogen and oxygen atoms in total. The lowest BCUT2D eigenvalue weighted by molar-refractivity contribution is 0.198. The highest BCUT2D eigenvalue weighted by atomic mass is 35.5. The van der Waals surface area contributed by atoms with Crippen molar-refractivity contribution in [2.24, 2.45) is 5.73 Å². The second-order valence-electron chi connectivity index (χ2n) is 5.08. The molecule has 1 heterocycles. The number of halogens is 2. The summed E-state index contributed by atoms with van der Waals surface area (Å²) in [6.45, 7) is 0. The van der Waals surface area contributed by atoms with Crippen LogP contribution in [-0.2, 0) is 12.8 Å². The maximum Gasteiger partial charge on any atom is 0.141 e. The molecular weight excluding hydrogens is 277 g/mol. The van der Waals surface area contributed by atoms with Crippen LogP contribution in [0.4, 0.5) is 4.39 Å². The Hall–Kier alpha value is -1.58. The van der Waals surface area contributed by atoms with Crippen LogP contribution in [0.3, 0.4) is 0 Å². The normalized spacial score (nSPS) is 18.4. The summed E-state index contributed by atoms with van der Waals surface area (Å²) < 4.78 is 19.0. The van der Waals surface area contributed by atoms with Crippen molar-refractivity contribution >= 4 is 11.6 Å². The molecule has 2 unspecified atom stereocenters. The van der Waals surface area contributed by atoms with E-state index < -0.39 is 5.82 Å². The van der Waals surface area contributed by atoms with Gasteiger partial charge in [0.1, 0.15) is 17.7 Å². The fourth-order valence-electron chi connectivity index (χ4n) is 2.52. The van der Waals surface area contributed by atoms with E-state index in [-0.39, 0.29) is 17.2 Å². The van der Waals surface area contributed by atoms with E-state index in [1.54, 1.807) is 12.1 Å². The predicted octanol–water partition coefficient (Wildman–Crippen LogP) is 3.35. The van der Waals surface area contributed by atoms with Crippen molar-refractivity contribution < 1.29 is 9.13 Å². The van der Waals surface area contributed by atoms with Crippen LogP contribution in [0.1, 0.15) is 11.1 Å². The van der Waals surface area contributed by atoms with E-state index in [0.29, 0.717) is 6.42 Å². The van der Waals surface area contributed by atoms with Crippen LogP contribution in [0.15, 0.2) is 42.5 Å². The van der Waals surface area contributed by atoms with Gasteiger partial charge < -0.3 is 10.5 Å². The Bertz CT molecular complexity index is 607. The van der Waals surface area contributed by atoms with E-state index in [0.717, 1.165) is 17.7 Å². The highest BCUT2D eigenvalue weighted by Gasteiger charge is 2.27. The topological polar surface area (TPSA) is 35.2 Å². The van der Waals surface area contributed by atoms with Gasteiger partial charge in [-0.15, -0.1) is 0 Å². The van der Waals surface area contributed by atoms with E-state index in [4.69, 9.17) is 22.1 Å². The van der Waals surface area contributed by atoms with Gasteiger partial charge in [0.05, 0.1) is 5.02 Å². The van der Waals surface area contributed by atoms with Crippen molar-refractivity contribution in [1.29, 1.82) is 0 Å². The fourth-order valence-corrected chi connectivity index (χ4v) is 2.72. The molecule has 104 valence electrons. The zero-order valence-corrected chi connectivity index (χ0v) is 11.6. The number of nitrogens with two attached hydrogens (primary N) is 1. The van der Waals surface area contributed by atoms with Crippen molar-refractivity contribution in [2.45, 2.75) is 25.0 Å². The summed E-state index contributed by atoms with van der Waals surface area (Å²) in [6, 6.07) is 12.5. The average molecular weight is 292 g/mol. The van der Waals surface area contributed by atoms with Gasteiger partial charge in [0.25, 0.3) is 0 Å². The summed E-state index contributed by atoms with van der Waals surface area (Å²) in [7, 11) is 0. The van der Waals surface area contributed by atoms with Gasteiger partial charge in [-0.05, 0) is 35.7 Å². The molecule has 4 heteroatoms. The third-order valence-electron chi connectivity index (χ3n) is 3.61. The molecule has 3 rings (SSSR count). The van der Waals surface area contributed by atoms with Crippen LogP contribution in [0.2, 0.25) is 5.02 Å². The van der Waals surface area contributed by atoms with Gasteiger partial charge in [0.15, 0.2) is 0 Å². The quantitative estimate of drug-likeness (QED) is 0.941. The number of hydrogen-bond acceptors (Lipinski definition) is 2. The maximum atomic E-state index is 13.1. The zero-order chi connectivity index (χ0) is 14.1. The van der Waals surface area contributed by atoms with Crippen LogP contribution in [0.25, 0.3) is 0 Å². The van der Waals surface area contributed by atoms with Gasteiger partial charge in [-0.3, -0.25) is 0 Å². The van der Waals surface area contributed by atoms with Gasteiger partial charge in [-0.25, -0.2) is 4.39 Å². The first kappa shape index (κ1) is 13.4. The Morgan fingerprint density at radius 3 is 2.85 bits per heavy atom. The fraction of sp³-hybridized carbons (Fsp3) is 0.250. The van der Waals surface area contributed by atoms with Crippen LogP contribution in [0.5, 0.6) is 5.75 Å². The van der Waals surface area contributed by atoms with E-state index in [9.17, 15) is 4.39 Å². The lowest BCUT2D eigenvalue weighted by Crippen LogP contribution is -2.39. The first-order valence-electron chi connectivity index (χ1n) is 6.57. The van der Waals surface area contributed by atoms with E-state index in [1.165, 1.54) is 11.6 Å². The molecule has 2 atom stereocenters. The number of fused-ring (bicyclic) bond motifs is 1. The Labute approximate surface area is 122 Å². The monoisotopic (exact) mass is 291 g/mol. The molecular formula is C16H15ClFNO. The van der Waals surface area contributed by atoms with Gasteiger partial charge in [-0.1, -0.05) is 35.9 Å². The zero-order valence-electron chi connectivity index (χ0n) is 10.9. The minimum absolute atomic E-state index is 0.0452.